The largest absolute Gasteiger partial charge is 0.460 e. The quantitative estimate of drug-likeness (QED) is 0.150. The van der Waals surface area contributed by atoms with E-state index in [2.05, 4.69) is 15.0 Å². The van der Waals surface area contributed by atoms with Crippen molar-refractivity contribution in [1.29, 1.82) is 0 Å². The molecule has 2 aliphatic heterocycles. The molecule has 61 heavy (non-hydrogen) atoms. The second-order valence-electron chi connectivity index (χ2n) is 14.0. The molecule has 2 aliphatic rings. The minimum absolute atomic E-state index is 0.134. The fourth-order valence-electron chi connectivity index (χ4n) is 7.12. The van der Waals surface area contributed by atoms with E-state index in [0.717, 1.165) is 12.1 Å². The van der Waals surface area contributed by atoms with Crippen LogP contribution in [0.3, 0.4) is 0 Å². The van der Waals surface area contributed by atoms with Crippen LogP contribution in [0, 0.1) is 0 Å². The summed E-state index contributed by atoms with van der Waals surface area (Å²) in [6.07, 6.45) is -4.21. The zero-order valence-corrected chi connectivity index (χ0v) is 30.6. The van der Waals surface area contributed by atoms with E-state index in [1.807, 2.05) is 0 Å². The maximum atomic E-state index is 16.6. The second kappa shape index (κ2) is 14.2. The minimum Gasteiger partial charge on any atom is -0.355 e. The van der Waals surface area contributed by atoms with E-state index in [1.165, 1.54) is 0 Å². The van der Waals surface area contributed by atoms with Gasteiger partial charge in [0, 0.05) is 33.3 Å². The Labute approximate surface area is 335 Å². The summed E-state index contributed by atoms with van der Waals surface area (Å²) >= 11 is 0. The van der Waals surface area contributed by atoms with Crippen molar-refractivity contribution in [2.45, 2.75) is 35.8 Å². The van der Waals surface area contributed by atoms with Crippen LogP contribution < -0.4 is 0 Å². The smallest absolute Gasteiger partial charge is 0.355 e. The highest BCUT2D eigenvalue weighted by Crippen LogP contribution is 2.62. The minimum atomic E-state index is -8.10. The Morgan fingerprint density at radius 3 is 1.46 bits per heavy atom. The highest BCUT2D eigenvalue weighted by Gasteiger charge is 2.91. The Morgan fingerprint density at radius 1 is 0.410 bits per heavy atom. The third kappa shape index (κ3) is 6.48. The molecule has 8 bridgehead atoms. The Balaban J connectivity index is 1.52. The normalized spacial score (nSPS) is 14.0. The predicted molar refractivity (Wildman–Crippen MR) is 204 cm³/mol. The molecule has 0 fully saturated rings. The molecule has 0 atom stereocenters. The number of alkyl halides is 13. The molecule has 3 aromatic carbocycles. The Bertz CT molecular complexity index is 2880. The van der Waals surface area contributed by atoms with E-state index < -0.39 is 52.6 Å². The van der Waals surface area contributed by atoms with Crippen LogP contribution in [-0.2, 0) is 5.92 Å². The molecule has 0 spiro atoms. The summed E-state index contributed by atoms with van der Waals surface area (Å²) in [5.41, 5.74) is -1.48. The van der Waals surface area contributed by atoms with E-state index in [4.69, 9.17) is 4.98 Å². The van der Waals surface area contributed by atoms with Gasteiger partial charge in [-0.25, -0.2) is 9.97 Å². The molecule has 2 N–H and O–H groups in total. The molecule has 0 amide bonds. The number of halogens is 13. The van der Waals surface area contributed by atoms with Crippen molar-refractivity contribution in [3.05, 3.63) is 155 Å². The van der Waals surface area contributed by atoms with Crippen LogP contribution in [0.2, 0.25) is 0 Å². The van der Waals surface area contributed by atoms with Gasteiger partial charge in [0.05, 0.1) is 33.9 Å². The molecule has 312 valence electrons. The summed E-state index contributed by atoms with van der Waals surface area (Å²) in [4.78, 5) is 14.6. The van der Waals surface area contributed by atoms with Gasteiger partial charge in [0.1, 0.15) is 0 Å². The van der Waals surface area contributed by atoms with Crippen molar-refractivity contribution in [2.24, 2.45) is 0 Å². The van der Waals surface area contributed by atoms with E-state index in [1.54, 1.807) is 115 Å². The lowest BCUT2D eigenvalue weighted by molar-refractivity contribution is -0.441. The SMILES string of the molecule is FC(F)(F)C(F)(F)C(F)(F)C(F)(F)C(F)(F)C(F)(F)c1c2nc(c(-c3ccccc3)c3ccc(cc4nc(c(-c5ccccc5)c5ccc1[nH]5)C=C4c1ccccc1)[nH]3)C=C2. The first-order chi connectivity index (χ1) is 28.7. The van der Waals surface area contributed by atoms with E-state index >= 15 is 26.3 Å². The molecule has 0 radical (unpaired) electrons. The summed E-state index contributed by atoms with van der Waals surface area (Å²) in [6, 6.07) is 31.6. The molecule has 8 rings (SSSR count). The van der Waals surface area contributed by atoms with Crippen LogP contribution in [0.4, 0.5) is 57.1 Å². The molecule has 0 aliphatic carbocycles. The van der Waals surface area contributed by atoms with Gasteiger partial charge in [0.2, 0.25) is 0 Å². The summed E-state index contributed by atoms with van der Waals surface area (Å²) in [7, 11) is 0. The molecule has 3 aromatic heterocycles. The van der Waals surface area contributed by atoms with Gasteiger partial charge >= 0.3 is 35.8 Å². The predicted octanol–water partition coefficient (Wildman–Crippen LogP) is 13.6. The maximum Gasteiger partial charge on any atom is 0.460 e. The Morgan fingerprint density at radius 2 is 0.885 bits per heavy atom. The molecule has 0 saturated heterocycles. The molecule has 0 saturated carbocycles. The first-order valence-corrected chi connectivity index (χ1v) is 18.0. The highest BCUT2D eigenvalue weighted by atomic mass is 19.4. The molecular weight excluding hydrogens is 831 g/mol. The number of hydrogen-bond acceptors (Lipinski definition) is 2. The number of fused-ring (bicyclic) bond motifs is 8. The van der Waals surface area contributed by atoms with E-state index in [-0.39, 0.29) is 33.5 Å². The molecule has 6 aromatic rings. The van der Waals surface area contributed by atoms with Crippen LogP contribution in [0.15, 0.2) is 121 Å². The van der Waals surface area contributed by atoms with E-state index in [9.17, 15) is 30.7 Å². The van der Waals surface area contributed by atoms with Crippen molar-refractivity contribution in [3.63, 3.8) is 0 Å². The van der Waals surface area contributed by atoms with Crippen molar-refractivity contribution in [2.75, 3.05) is 0 Å². The lowest BCUT2D eigenvalue weighted by Gasteiger charge is -2.39. The lowest BCUT2D eigenvalue weighted by Crippen LogP contribution is -2.69. The maximum absolute atomic E-state index is 16.6. The zero-order valence-electron chi connectivity index (χ0n) is 30.6. The van der Waals surface area contributed by atoms with Gasteiger partial charge in [0.15, 0.2) is 0 Å². The van der Waals surface area contributed by atoms with Gasteiger partial charge in [0.25, 0.3) is 0 Å². The van der Waals surface area contributed by atoms with Gasteiger partial charge in [-0.05, 0) is 65.3 Å². The number of aromatic amines is 2. The average Bonchev–Trinajstić information content (AvgIpc) is 4.05. The van der Waals surface area contributed by atoms with Crippen LogP contribution in [-0.4, -0.2) is 49.8 Å². The monoisotopic (exact) mass is 856 g/mol. The fourth-order valence-corrected chi connectivity index (χ4v) is 7.12. The van der Waals surface area contributed by atoms with Gasteiger partial charge < -0.3 is 9.97 Å². The van der Waals surface area contributed by atoms with Crippen molar-refractivity contribution in [1.82, 2.24) is 19.9 Å². The molecular formula is C44H25F13N4. The molecule has 4 nitrogen and oxygen atoms in total. The Hall–Kier alpha value is -6.65. The zero-order chi connectivity index (χ0) is 43.8. The molecule has 17 heteroatoms. The number of nitrogens with zero attached hydrogens (tertiary/aromatic N) is 2. The van der Waals surface area contributed by atoms with Gasteiger partial charge in [-0.3, -0.25) is 0 Å². The Kier molecular flexibility index (Phi) is 9.59. The standard InChI is InChI=1S/C44H25F13N4/c45-39(46,40(47,48)41(49,50)42(51,52)43(53,54)44(55,56)57)38-32-20-18-30(59-32)36(25-12-6-2-7-13-25)29-17-16-27(58-29)22-34-28(24-10-4-1-5-11-24)23-35(61-34)37(26-14-8-3-9-15-26)31-19-21-33(38)60-31/h1-23,58,60H. The van der Waals surface area contributed by atoms with Crippen molar-refractivity contribution < 1.29 is 57.1 Å². The molecule has 0 unspecified atom stereocenters. The van der Waals surface area contributed by atoms with Gasteiger partial charge in [-0.1, -0.05) is 91.0 Å². The summed E-state index contributed by atoms with van der Waals surface area (Å²) < 4.78 is 191. The highest BCUT2D eigenvalue weighted by molar-refractivity contribution is 5.99. The third-order valence-corrected chi connectivity index (χ3v) is 10.2. The number of H-pyrrole nitrogens is 2. The van der Waals surface area contributed by atoms with Crippen LogP contribution in [0.1, 0.15) is 33.9 Å². The van der Waals surface area contributed by atoms with Gasteiger partial charge in [-0.15, -0.1) is 0 Å². The first kappa shape index (κ1) is 41.1. The first-order valence-electron chi connectivity index (χ1n) is 18.0. The number of aromatic nitrogens is 4. The van der Waals surface area contributed by atoms with Gasteiger partial charge in [-0.2, -0.15) is 57.1 Å². The van der Waals surface area contributed by atoms with Crippen LogP contribution in [0.5, 0.6) is 0 Å². The number of rotatable bonds is 8. The molecule has 5 heterocycles. The summed E-state index contributed by atoms with van der Waals surface area (Å²) in [6.45, 7) is 0. The summed E-state index contributed by atoms with van der Waals surface area (Å²) in [5, 5.41) is 0. The second-order valence-corrected chi connectivity index (χ2v) is 14.0. The third-order valence-electron chi connectivity index (χ3n) is 10.2. The average molecular weight is 857 g/mol. The fraction of sp³-hybridized carbons (Fsp3) is 0.136. The summed E-state index contributed by atoms with van der Waals surface area (Å²) in [5.74, 6) is -38.3. The van der Waals surface area contributed by atoms with E-state index in [0.29, 0.717) is 45.6 Å². The number of benzene rings is 3. The van der Waals surface area contributed by atoms with Crippen LogP contribution >= 0.6 is 0 Å². The van der Waals surface area contributed by atoms with Crippen molar-refractivity contribution >= 4 is 45.9 Å². The van der Waals surface area contributed by atoms with Crippen LogP contribution in [0.25, 0.3) is 68.1 Å². The number of nitrogens with one attached hydrogen (secondary N) is 2. The van der Waals surface area contributed by atoms with Crippen molar-refractivity contribution in [3.8, 4) is 22.3 Å². The lowest BCUT2D eigenvalue weighted by atomic mass is 9.90. The number of hydrogen-bond donors (Lipinski definition) is 2. The topological polar surface area (TPSA) is 57.4 Å².